The van der Waals surface area contributed by atoms with E-state index in [1.54, 1.807) is 36.2 Å². The third kappa shape index (κ3) is 4.17. The van der Waals surface area contributed by atoms with Crippen molar-refractivity contribution < 1.29 is 23.1 Å². The number of hydrogen-bond acceptors (Lipinski definition) is 6. The molecule has 0 aliphatic carbocycles. The average molecular weight is 508 g/mol. The first kappa shape index (κ1) is 24.4. The highest BCUT2D eigenvalue weighted by atomic mass is 32.2. The smallest absolute Gasteiger partial charge is 0.254 e. The summed E-state index contributed by atoms with van der Waals surface area (Å²) in [4.78, 5) is 23.6. The van der Waals surface area contributed by atoms with Crippen LogP contribution in [0.4, 0.5) is 0 Å². The Morgan fingerprint density at radius 2 is 2.06 bits per heavy atom. The normalized spacial score (nSPS) is 16.7. The molecule has 4 aromatic rings. The summed E-state index contributed by atoms with van der Waals surface area (Å²) in [5, 5.41) is 11.4. The minimum absolute atomic E-state index is 0.00273. The summed E-state index contributed by atoms with van der Waals surface area (Å²) in [5.41, 5.74) is 5.27. The zero-order chi connectivity index (χ0) is 25.6. The number of aryl methyl sites for hydroxylation is 2. The fourth-order valence-corrected chi connectivity index (χ4v) is 5.78. The number of ether oxygens (including phenoxy) is 1. The number of sulfone groups is 1. The van der Waals surface area contributed by atoms with Crippen molar-refractivity contribution in [3.05, 3.63) is 59.3 Å². The number of H-pyrrole nitrogens is 1. The first-order valence-corrected chi connectivity index (χ1v) is 13.6. The molecule has 0 bridgehead atoms. The van der Waals surface area contributed by atoms with E-state index >= 15 is 0 Å². The van der Waals surface area contributed by atoms with Crippen molar-refractivity contribution in [2.75, 3.05) is 32.1 Å². The number of nitrogens with one attached hydrogen (secondary N) is 1. The van der Waals surface area contributed by atoms with E-state index in [1.165, 1.54) is 0 Å². The third-order valence-corrected chi connectivity index (χ3v) is 8.60. The molecule has 0 radical (unpaired) electrons. The number of morpholine rings is 1. The van der Waals surface area contributed by atoms with Gasteiger partial charge in [-0.1, -0.05) is 19.1 Å². The van der Waals surface area contributed by atoms with Crippen molar-refractivity contribution in [1.29, 1.82) is 0 Å². The molecule has 0 spiro atoms. The zero-order valence-electron chi connectivity index (χ0n) is 20.5. The van der Waals surface area contributed by atoms with Gasteiger partial charge in [0.2, 0.25) is 0 Å². The Bertz CT molecular complexity index is 1590. The highest BCUT2D eigenvalue weighted by molar-refractivity contribution is 7.91. The van der Waals surface area contributed by atoms with Crippen molar-refractivity contribution in [2.45, 2.75) is 31.8 Å². The van der Waals surface area contributed by atoms with E-state index < -0.39 is 15.9 Å². The molecule has 5 rings (SSSR count). The van der Waals surface area contributed by atoms with Crippen molar-refractivity contribution in [3.8, 4) is 11.1 Å². The van der Waals surface area contributed by atoms with E-state index in [1.807, 2.05) is 32.0 Å². The number of carbonyl (C=O) groups excluding carboxylic acids is 1. The summed E-state index contributed by atoms with van der Waals surface area (Å²) in [6.45, 7) is 6.44. The number of aromatic nitrogens is 2. The van der Waals surface area contributed by atoms with Gasteiger partial charge in [0.25, 0.3) is 5.91 Å². The molecule has 1 fully saturated rings. The lowest BCUT2D eigenvalue weighted by molar-refractivity contribution is -0.0447. The molecule has 36 heavy (non-hydrogen) atoms. The van der Waals surface area contributed by atoms with Gasteiger partial charge in [0.15, 0.2) is 9.84 Å². The predicted molar refractivity (Wildman–Crippen MR) is 139 cm³/mol. The molecule has 8 nitrogen and oxygen atoms in total. The number of benzene rings is 2. The van der Waals surface area contributed by atoms with Crippen LogP contribution >= 0.6 is 0 Å². The molecule has 3 heterocycles. The summed E-state index contributed by atoms with van der Waals surface area (Å²) in [6.07, 6.45) is 1.37. The number of aliphatic hydroxyl groups is 1. The van der Waals surface area contributed by atoms with Crippen LogP contribution in [0, 0.1) is 13.8 Å². The van der Waals surface area contributed by atoms with Gasteiger partial charge >= 0.3 is 0 Å². The maximum absolute atomic E-state index is 13.7. The van der Waals surface area contributed by atoms with Gasteiger partial charge in [0.1, 0.15) is 5.65 Å². The highest BCUT2D eigenvalue weighted by Crippen LogP contribution is 2.39. The number of pyridine rings is 1. The Balaban J connectivity index is 1.77. The zero-order valence-corrected chi connectivity index (χ0v) is 21.4. The molecule has 1 unspecified atom stereocenters. The molecule has 2 aromatic heterocycles. The largest absolute Gasteiger partial charge is 0.394 e. The monoisotopic (exact) mass is 507 g/mol. The molecular formula is C27H29N3O5S. The quantitative estimate of drug-likeness (QED) is 0.427. The second kappa shape index (κ2) is 9.31. The van der Waals surface area contributed by atoms with E-state index in [4.69, 9.17) is 4.74 Å². The average Bonchev–Trinajstić information content (AvgIpc) is 3.28. The molecule has 0 saturated carbocycles. The molecule has 1 aliphatic heterocycles. The van der Waals surface area contributed by atoms with Crippen molar-refractivity contribution in [2.24, 2.45) is 0 Å². The minimum Gasteiger partial charge on any atom is -0.394 e. The lowest BCUT2D eigenvalue weighted by Gasteiger charge is -2.32. The van der Waals surface area contributed by atoms with Gasteiger partial charge in [0, 0.05) is 35.6 Å². The van der Waals surface area contributed by atoms with Crippen LogP contribution < -0.4 is 0 Å². The van der Waals surface area contributed by atoms with Crippen molar-refractivity contribution in [1.82, 2.24) is 14.9 Å². The van der Waals surface area contributed by atoms with Gasteiger partial charge in [0.05, 0.1) is 35.5 Å². The van der Waals surface area contributed by atoms with E-state index in [2.05, 4.69) is 9.97 Å². The molecular weight excluding hydrogens is 478 g/mol. The Labute approximate surface area is 209 Å². The van der Waals surface area contributed by atoms with Crippen LogP contribution in [0.15, 0.2) is 47.5 Å². The van der Waals surface area contributed by atoms with Crippen LogP contribution in [-0.2, 0) is 14.6 Å². The highest BCUT2D eigenvalue weighted by Gasteiger charge is 2.28. The Kier molecular flexibility index (Phi) is 6.32. The fraction of sp³-hybridized carbons (Fsp3) is 0.333. The van der Waals surface area contributed by atoms with Gasteiger partial charge in [-0.05, 0) is 60.4 Å². The first-order valence-electron chi connectivity index (χ1n) is 12.0. The van der Waals surface area contributed by atoms with Crippen molar-refractivity contribution >= 4 is 37.7 Å². The topological polar surface area (TPSA) is 113 Å². The van der Waals surface area contributed by atoms with Crippen LogP contribution in [0.1, 0.15) is 28.4 Å². The standard InChI is InChI=1S/C27H29N3O5S/c1-4-36(33,34)20-7-5-6-18(11-20)22-12-21(27(32)30-8-9-35-19(14-30)15-31)17(3)25-24(22)23-10-16(2)13-28-26(23)29-25/h5-7,10-13,19,31H,4,8-9,14-15H2,1-3H3,(H,28,29). The maximum Gasteiger partial charge on any atom is 0.254 e. The lowest BCUT2D eigenvalue weighted by atomic mass is 9.93. The minimum atomic E-state index is -3.41. The van der Waals surface area contributed by atoms with Crippen LogP contribution in [-0.4, -0.2) is 72.5 Å². The maximum atomic E-state index is 13.7. The van der Waals surface area contributed by atoms with Crippen LogP contribution in [0.5, 0.6) is 0 Å². The number of nitrogens with zero attached hydrogens (tertiary/aromatic N) is 2. The summed E-state index contributed by atoms with van der Waals surface area (Å²) in [5.74, 6) is -0.152. The van der Waals surface area contributed by atoms with Crippen molar-refractivity contribution in [3.63, 3.8) is 0 Å². The second-order valence-corrected chi connectivity index (χ2v) is 11.5. The number of carbonyl (C=O) groups is 1. The van der Waals surface area contributed by atoms with E-state index in [0.29, 0.717) is 36.5 Å². The third-order valence-electron chi connectivity index (χ3n) is 6.87. The molecule has 1 aliphatic rings. The number of fused-ring (bicyclic) bond motifs is 3. The predicted octanol–water partition coefficient (Wildman–Crippen LogP) is 3.63. The van der Waals surface area contributed by atoms with Gasteiger partial charge in [-0.3, -0.25) is 4.79 Å². The van der Waals surface area contributed by atoms with Gasteiger partial charge in [-0.25, -0.2) is 13.4 Å². The van der Waals surface area contributed by atoms with Crippen LogP contribution in [0.3, 0.4) is 0 Å². The Morgan fingerprint density at radius 1 is 1.25 bits per heavy atom. The van der Waals surface area contributed by atoms with Crippen LogP contribution in [0.2, 0.25) is 0 Å². The molecule has 9 heteroatoms. The summed E-state index contributed by atoms with van der Waals surface area (Å²) < 4.78 is 30.8. The number of aliphatic hydroxyl groups excluding tert-OH is 1. The summed E-state index contributed by atoms with van der Waals surface area (Å²) in [6, 6.07) is 10.8. The molecule has 1 amide bonds. The molecule has 1 atom stereocenters. The summed E-state index contributed by atoms with van der Waals surface area (Å²) >= 11 is 0. The SMILES string of the molecule is CCS(=O)(=O)c1cccc(-c2cc(C(=O)N3CCOC(CO)C3)c(C)c3[nH]c4ncc(C)cc4c23)c1. The number of rotatable bonds is 5. The second-order valence-electron chi connectivity index (χ2n) is 9.24. The number of hydrogen-bond donors (Lipinski definition) is 2. The van der Waals surface area contributed by atoms with E-state index in [-0.39, 0.29) is 23.2 Å². The molecule has 2 aromatic carbocycles. The van der Waals surface area contributed by atoms with E-state index in [0.717, 1.165) is 33.0 Å². The number of aromatic amines is 1. The van der Waals surface area contributed by atoms with Gasteiger partial charge in [-0.15, -0.1) is 0 Å². The van der Waals surface area contributed by atoms with Gasteiger partial charge < -0.3 is 19.7 Å². The first-order chi connectivity index (χ1) is 17.2. The molecule has 2 N–H and O–H groups in total. The lowest BCUT2D eigenvalue weighted by Crippen LogP contribution is -2.47. The number of amides is 1. The Morgan fingerprint density at radius 3 is 2.81 bits per heavy atom. The van der Waals surface area contributed by atoms with Gasteiger partial charge in [-0.2, -0.15) is 0 Å². The fourth-order valence-electron chi connectivity index (χ4n) is 4.85. The van der Waals surface area contributed by atoms with Crippen LogP contribution in [0.25, 0.3) is 33.1 Å². The summed E-state index contributed by atoms with van der Waals surface area (Å²) in [7, 11) is -3.41. The van der Waals surface area contributed by atoms with E-state index in [9.17, 15) is 18.3 Å². The Hall–Kier alpha value is -3.27. The molecule has 1 saturated heterocycles. The molecule has 188 valence electrons.